The van der Waals surface area contributed by atoms with E-state index in [0.717, 1.165) is 19.5 Å². The van der Waals surface area contributed by atoms with Crippen LogP contribution in [0, 0.1) is 5.92 Å². The molecule has 3 unspecified atom stereocenters. The molecule has 5 heteroatoms. The predicted molar refractivity (Wildman–Crippen MR) is 65.4 cm³/mol. The summed E-state index contributed by atoms with van der Waals surface area (Å²) in [7, 11) is 0. The number of aliphatic hydroxyl groups excluding tert-OH is 1. The Labute approximate surface area is 102 Å². The largest absolute Gasteiger partial charge is 0.393 e. The van der Waals surface area contributed by atoms with E-state index in [1.165, 1.54) is 12.8 Å². The molecule has 0 aromatic heterocycles. The van der Waals surface area contributed by atoms with Crippen LogP contribution in [0.4, 0.5) is 0 Å². The maximum Gasteiger partial charge on any atom is 0.231 e. The number of hydrogen-bond donors (Lipinski definition) is 3. The Hall–Kier alpha value is -0.650. The van der Waals surface area contributed by atoms with Gasteiger partial charge in [-0.15, -0.1) is 0 Å². The first kappa shape index (κ1) is 12.8. The number of primary amides is 1. The minimum absolute atomic E-state index is 0.236. The molecule has 4 N–H and O–H groups in total. The number of nitrogens with zero attached hydrogens (tertiary/aromatic N) is 1. The summed E-state index contributed by atoms with van der Waals surface area (Å²) < 4.78 is 0. The van der Waals surface area contributed by atoms with Crippen molar-refractivity contribution >= 4 is 5.91 Å². The molecule has 3 atom stereocenters. The molecule has 0 spiro atoms. The van der Waals surface area contributed by atoms with Crippen LogP contribution < -0.4 is 11.1 Å². The summed E-state index contributed by atoms with van der Waals surface area (Å²) >= 11 is 0. The van der Waals surface area contributed by atoms with E-state index in [1.807, 2.05) is 6.92 Å². The number of hydrogen-bond acceptors (Lipinski definition) is 4. The van der Waals surface area contributed by atoms with Gasteiger partial charge in [0.05, 0.1) is 12.6 Å². The second-order valence-electron chi connectivity index (χ2n) is 5.53. The summed E-state index contributed by atoms with van der Waals surface area (Å²) in [6.07, 6.45) is 3.18. The van der Waals surface area contributed by atoms with Crippen molar-refractivity contribution in [3.05, 3.63) is 0 Å². The number of nitrogens with one attached hydrogen (secondary N) is 1. The smallest absolute Gasteiger partial charge is 0.231 e. The first-order valence-electron chi connectivity index (χ1n) is 6.49. The van der Waals surface area contributed by atoms with Gasteiger partial charge in [0.25, 0.3) is 0 Å². The second-order valence-corrected chi connectivity index (χ2v) is 5.53. The molecule has 1 saturated heterocycles. The Bertz CT molecular complexity index is 279. The second kappa shape index (κ2) is 5.33. The van der Waals surface area contributed by atoms with Gasteiger partial charge in [0.1, 0.15) is 0 Å². The third-order valence-corrected chi connectivity index (χ3v) is 3.67. The van der Waals surface area contributed by atoms with Crippen LogP contribution in [0.2, 0.25) is 0 Å². The number of amides is 1. The zero-order chi connectivity index (χ0) is 12.4. The van der Waals surface area contributed by atoms with E-state index in [9.17, 15) is 9.90 Å². The summed E-state index contributed by atoms with van der Waals surface area (Å²) in [5, 5.41) is 13.3. The van der Waals surface area contributed by atoms with Crippen molar-refractivity contribution in [2.24, 2.45) is 11.7 Å². The third-order valence-electron chi connectivity index (χ3n) is 3.67. The van der Waals surface area contributed by atoms with Crippen LogP contribution in [0.15, 0.2) is 0 Å². The lowest BCUT2D eigenvalue weighted by molar-refractivity contribution is -0.120. The highest BCUT2D eigenvalue weighted by molar-refractivity contribution is 5.75. The quantitative estimate of drug-likeness (QED) is 0.594. The standard InChI is InChI=1S/C12H23N3O2/c1-8(16)9-4-11(14-10-2-3-10)6-15(5-9)7-12(13)17/h8-11,14,16H,2-7H2,1H3,(H2,13,17). The highest BCUT2D eigenvalue weighted by atomic mass is 16.3. The molecule has 0 aromatic carbocycles. The minimum atomic E-state index is -0.325. The van der Waals surface area contributed by atoms with Gasteiger partial charge in [-0.25, -0.2) is 0 Å². The van der Waals surface area contributed by atoms with Crippen molar-refractivity contribution in [1.82, 2.24) is 10.2 Å². The molecular formula is C12H23N3O2. The molecule has 2 fully saturated rings. The first-order valence-corrected chi connectivity index (χ1v) is 6.49. The predicted octanol–water partition coefficient (Wildman–Crippen LogP) is -0.705. The number of aliphatic hydroxyl groups is 1. The first-order chi connectivity index (χ1) is 8.04. The Kier molecular flexibility index (Phi) is 4.01. The van der Waals surface area contributed by atoms with E-state index in [2.05, 4.69) is 10.2 Å². The van der Waals surface area contributed by atoms with Gasteiger partial charge in [-0.1, -0.05) is 0 Å². The van der Waals surface area contributed by atoms with Crippen molar-refractivity contribution < 1.29 is 9.90 Å². The molecule has 1 amide bonds. The van der Waals surface area contributed by atoms with Gasteiger partial charge in [-0.05, 0) is 32.1 Å². The van der Waals surface area contributed by atoms with Gasteiger partial charge in [-0.3, -0.25) is 9.69 Å². The van der Waals surface area contributed by atoms with Crippen LogP contribution in [0.1, 0.15) is 26.2 Å². The van der Waals surface area contributed by atoms with Crippen molar-refractivity contribution in [3.63, 3.8) is 0 Å². The fraction of sp³-hybridized carbons (Fsp3) is 0.917. The minimum Gasteiger partial charge on any atom is -0.393 e. The van der Waals surface area contributed by atoms with Gasteiger partial charge in [0.15, 0.2) is 0 Å². The van der Waals surface area contributed by atoms with E-state index in [1.54, 1.807) is 0 Å². The summed E-state index contributed by atoms with van der Waals surface area (Å²) in [6.45, 7) is 3.75. The Morgan fingerprint density at radius 2 is 2.18 bits per heavy atom. The lowest BCUT2D eigenvalue weighted by atomic mass is 9.90. The van der Waals surface area contributed by atoms with Crippen LogP contribution in [0.25, 0.3) is 0 Å². The average molecular weight is 241 g/mol. The van der Waals surface area contributed by atoms with Crippen LogP contribution in [0.5, 0.6) is 0 Å². The number of carbonyl (C=O) groups excluding carboxylic acids is 1. The van der Waals surface area contributed by atoms with Gasteiger partial charge < -0.3 is 16.2 Å². The molecule has 5 nitrogen and oxygen atoms in total. The van der Waals surface area contributed by atoms with Crippen molar-refractivity contribution in [2.75, 3.05) is 19.6 Å². The number of nitrogens with two attached hydrogens (primary N) is 1. The molecule has 0 radical (unpaired) electrons. The summed E-state index contributed by atoms with van der Waals surface area (Å²) in [5.41, 5.74) is 5.24. The highest BCUT2D eigenvalue weighted by Gasteiger charge is 2.33. The molecule has 17 heavy (non-hydrogen) atoms. The molecule has 0 bridgehead atoms. The molecule has 98 valence electrons. The Morgan fingerprint density at radius 1 is 1.47 bits per heavy atom. The monoisotopic (exact) mass is 241 g/mol. The number of carbonyl (C=O) groups is 1. The van der Waals surface area contributed by atoms with E-state index < -0.39 is 0 Å². The summed E-state index contributed by atoms with van der Waals surface area (Å²) in [5.74, 6) is -0.0548. The van der Waals surface area contributed by atoms with Gasteiger partial charge >= 0.3 is 0 Å². The van der Waals surface area contributed by atoms with Crippen LogP contribution in [-0.2, 0) is 4.79 Å². The SMILES string of the molecule is CC(O)C1CC(NC2CC2)CN(CC(N)=O)C1. The topological polar surface area (TPSA) is 78.6 Å². The highest BCUT2D eigenvalue weighted by Crippen LogP contribution is 2.25. The molecule has 1 aliphatic carbocycles. The Morgan fingerprint density at radius 3 is 2.71 bits per heavy atom. The number of piperidine rings is 1. The zero-order valence-electron chi connectivity index (χ0n) is 10.4. The van der Waals surface area contributed by atoms with E-state index in [0.29, 0.717) is 18.6 Å². The molecule has 2 rings (SSSR count). The van der Waals surface area contributed by atoms with Crippen LogP contribution in [-0.4, -0.2) is 53.7 Å². The van der Waals surface area contributed by atoms with Crippen molar-refractivity contribution in [3.8, 4) is 0 Å². The van der Waals surface area contributed by atoms with Crippen LogP contribution in [0.3, 0.4) is 0 Å². The van der Waals surface area contributed by atoms with E-state index in [4.69, 9.17) is 5.73 Å². The summed E-state index contributed by atoms with van der Waals surface area (Å²) in [6, 6.07) is 1.04. The van der Waals surface area contributed by atoms with Crippen molar-refractivity contribution in [2.45, 2.75) is 44.4 Å². The molecule has 1 aliphatic heterocycles. The fourth-order valence-electron chi connectivity index (χ4n) is 2.64. The molecular weight excluding hydrogens is 218 g/mol. The third kappa shape index (κ3) is 3.94. The lowest BCUT2D eigenvalue weighted by Gasteiger charge is -2.38. The van der Waals surface area contributed by atoms with Gasteiger partial charge in [-0.2, -0.15) is 0 Å². The maximum atomic E-state index is 11.0. The zero-order valence-corrected chi connectivity index (χ0v) is 10.4. The fourth-order valence-corrected chi connectivity index (χ4v) is 2.64. The summed E-state index contributed by atoms with van der Waals surface area (Å²) in [4.78, 5) is 13.0. The van der Waals surface area contributed by atoms with Gasteiger partial charge in [0.2, 0.25) is 5.91 Å². The normalized spacial score (nSPS) is 32.4. The van der Waals surface area contributed by atoms with Crippen molar-refractivity contribution in [1.29, 1.82) is 0 Å². The number of likely N-dealkylation sites (tertiary alicyclic amines) is 1. The van der Waals surface area contributed by atoms with E-state index in [-0.39, 0.29) is 17.9 Å². The van der Waals surface area contributed by atoms with Crippen LogP contribution >= 0.6 is 0 Å². The molecule has 2 aliphatic rings. The lowest BCUT2D eigenvalue weighted by Crippen LogP contribution is -2.53. The maximum absolute atomic E-state index is 11.0. The molecule has 0 aromatic rings. The number of rotatable bonds is 5. The van der Waals surface area contributed by atoms with E-state index >= 15 is 0 Å². The van der Waals surface area contributed by atoms with Gasteiger partial charge in [0, 0.05) is 25.2 Å². The molecule has 1 heterocycles. The molecule has 1 saturated carbocycles. The Balaban J connectivity index is 1.90. The average Bonchev–Trinajstić information content (AvgIpc) is 3.00.